The van der Waals surface area contributed by atoms with Crippen LogP contribution in [0.3, 0.4) is 0 Å². The molecule has 2 aromatic rings. The van der Waals surface area contributed by atoms with Crippen LogP contribution in [0.4, 0.5) is 5.69 Å². The number of nitro groups is 1. The number of halogens is 2. The van der Waals surface area contributed by atoms with Gasteiger partial charge in [-0.15, -0.1) is 0 Å². The zero-order chi connectivity index (χ0) is 18.9. The highest BCUT2D eigenvalue weighted by Crippen LogP contribution is 2.41. The molecule has 0 saturated carbocycles. The van der Waals surface area contributed by atoms with Gasteiger partial charge in [0, 0.05) is 34.7 Å². The molecule has 0 N–H and O–H groups in total. The summed E-state index contributed by atoms with van der Waals surface area (Å²) in [5.41, 5.74) is 0.883. The molecule has 8 nitrogen and oxygen atoms in total. The third-order valence-electron chi connectivity index (χ3n) is 3.10. The number of nitrogens with zero attached hydrogens (tertiary/aromatic N) is 2. The summed E-state index contributed by atoms with van der Waals surface area (Å²) in [6, 6.07) is 11.9. The third-order valence-corrected chi connectivity index (χ3v) is 7.19. The lowest BCUT2D eigenvalue weighted by molar-refractivity contribution is -1.91. The van der Waals surface area contributed by atoms with Crippen molar-refractivity contribution in [3.63, 3.8) is 0 Å². The van der Waals surface area contributed by atoms with Crippen LogP contribution in [-0.2, 0) is 3.74 Å². The maximum absolute atomic E-state index is 11.2. The Morgan fingerprint density at radius 1 is 1.04 bits per heavy atom. The molecule has 0 bridgehead atoms. The number of rotatable bonds is 5. The van der Waals surface area contributed by atoms with Crippen LogP contribution in [0.2, 0.25) is 5.02 Å². The predicted octanol–water partition coefficient (Wildman–Crippen LogP) is 0.933. The molecule has 26 heavy (non-hydrogen) atoms. The lowest BCUT2D eigenvalue weighted by Crippen LogP contribution is -2.60. The van der Waals surface area contributed by atoms with Crippen molar-refractivity contribution in [2.75, 3.05) is 0 Å². The van der Waals surface area contributed by atoms with E-state index in [2.05, 4.69) is 4.40 Å². The number of benzene rings is 2. The highest BCUT2D eigenvalue weighted by molar-refractivity contribution is 8.41. The first-order valence-electron chi connectivity index (χ1n) is 6.72. The van der Waals surface area contributed by atoms with Crippen molar-refractivity contribution in [2.24, 2.45) is 4.40 Å². The van der Waals surface area contributed by atoms with E-state index < -0.39 is 25.9 Å². The summed E-state index contributed by atoms with van der Waals surface area (Å²) >= 11 is 6.82. The van der Waals surface area contributed by atoms with Gasteiger partial charge in [0.25, 0.3) is 5.69 Å². The van der Waals surface area contributed by atoms with E-state index in [0.717, 1.165) is 11.9 Å². The summed E-state index contributed by atoms with van der Waals surface area (Å²) in [7, 11) is -6.30. The van der Waals surface area contributed by atoms with Gasteiger partial charge in [-0.1, -0.05) is 23.7 Å². The molecule has 0 aromatic heterocycles. The number of hydrogen-bond donors (Lipinski definition) is 0. The van der Waals surface area contributed by atoms with Crippen molar-refractivity contribution >= 4 is 49.2 Å². The van der Waals surface area contributed by atoms with Crippen LogP contribution in [0.5, 0.6) is 0 Å². The molecule has 1 aliphatic rings. The Morgan fingerprint density at radius 2 is 1.62 bits per heavy atom. The van der Waals surface area contributed by atoms with Gasteiger partial charge in [-0.3, -0.25) is 10.1 Å². The van der Waals surface area contributed by atoms with E-state index in [1.54, 1.807) is 24.3 Å². The topological polar surface area (TPSA) is 134 Å². The molecular weight excluding hydrogens is 427 g/mol. The second-order valence-corrected chi connectivity index (χ2v) is 8.86. The molecule has 1 aliphatic heterocycles. The van der Waals surface area contributed by atoms with Gasteiger partial charge in [0.05, 0.1) is 15.2 Å². The van der Waals surface area contributed by atoms with Crippen LogP contribution in [0.1, 0.15) is 11.1 Å². The Morgan fingerprint density at radius 3 is 2.15 bits per heavy atom. The third kappa shape index (κ3) is 4.42. The molecule has 2 aromatic carbocycles. The second kappa shape index (κ2) is 7.62. The maximum atomic E-state index is 11.2. The lowest BCUT2D eigenvalue weighted by Gasteiger charge is -2.14. The first-order chi connectivity index (χ1) is 12.2. The molecule has 0 radical (unpaired) electrons. The molecule has 0 amide bonds. The van der Waals surface area contributed by atoms with Crippen molar-refractivity contribution in [1.82, 2.24) is 0 Å². The largest absolute Gasteiger partial charge is 0.269 e. The molecule has 1 heterocycles. The highest BCUT2D eigenvalue weighted by atomic mass is 35.7. The van der Waals surface area contributed by atoms with E-state index >= 15 is 0 Å². The standard InChI is InChI=1S/C14H8Cl2N2O6S2/c15-11-5-1-10(2-6-11)14-25-17-13(26(14)24-16(19,20)21)9-3-7-12(8-4-9)18(22)23/h1-8H. The molecule has 3 rings (SSSR count). The van der Waals surface area contributed by atoms with E-state index in [0.29, 0.717) is 20.3 Å². The van der Waals surface area contributed by atoms with E-state index in [1.807, 2.05) is 0 Å². The molecular formula is C14H8Cl2N2O6S2. The van der Waals surface area contributed by atoms with Gasteiger partial charge < -0.3 is 0 Å². The van der Waals surface area contributed by atoms with E-state index in [9.17, 15) is 24.1 Å². The summed E-state index contributed by atoms with van der Waals surface area (Å²) in [6.45, 7) is 0. The van der Waals surface area contributed by atoms with E-state index in [1.165, 1.54) is 24.3 Å². The Hall–Kier alpha value is -1.50. The van der Waals surface area contributed by atoms with Crippen LogP contribution in [-0.4, -0.2) is 14.2 Å². The number of non-ortho nitro benzene ring substituents is 1. The zero-order valence-corrected chi connectivity index (χ0v) is 15.7. The fraction of sp³-hybridized carbons (Fsp3) is 0. The first-order valence-corrected chi connectivity index (χ1v) is 10.3. The quantitative estimate of drug-likeness (QED) is 0.295. The van der Waals surface area contributed by atoms with E-state index in [-0.39, 0.29) is 10.7 Å². The summed E-state index contributed by atoms with van der Waals surface area (Å²) in [6.07, 6.45) is 0. The van der Waals surface area contributed by atoms with Gasteiger partial charge >= 0.3 is 0 Å². The summed E-state index contributed by atoms with van der Waals surface area (Å²) in [5.74, 6) is 0. The average molecular weight is 435 g/mol. The van der Waals surface area contributed by atoms with Gasteiger partial charge in [0.2, 0.25) is 0 Å². The van der Waals surface area contributed by atoms with Crippen LogP contribution < -0.4 is 14.0 Å². The Bertz CT molecular complexity index is 911. The summed E-state index contributed by atoms with van der Waals surface area (Å²) in [4.78, 5) is 10.2. The van der Waals surface area contributed by atoms with Gasteiger partial charge in [-0.25, -0.2) is 4.40 Å². The predicted molar refractivity (Wildman–Crippen MR) is 91.5 cm³/mol. The van der Waals surface area contributed by atoms with Crippen molar-refractivity contribution in [2.45, 2.75) is 0 Å². The molecule has 0 saturated heterocycles. The Balaban J connectivity index is 2.04. The minimum Gasteiger partial charge on any atom is -0.258 e. The van der Waals surface area contributed by atoms with Crippen LogP contribution in [0.15, 0.2) is 52.9 Å². The second-order valence-electron chi connectivity index (χ2n) is 4.80. The smallest absolute Gasteiger partial charge is 0.258 e. The summed E-state index contributed by atoms with van der Waals surface area (Å²) < 4.78 is 42.8. The number of hydrogen-bond acceptors (Lipinski definition) is 8. The van der Waals surface area contributed by atoms with Crippen LogP contribution in [0.25, 0.3) is 0 Å². The molecule has 0 fully saturated rings. The lowest BCUT2D eigenvalue weighted by atomic mass is 10.2. The minimum atomic E-state index is -4.71. The Kier molecular flexibility index (Phi) is 5.65. The first kappa shape index (κ1) is 19.3. The van der Waals surface area contributed by atoms with Gasteiger partial charge in [-0.2, -0.15) is 14.0 Å². The molecule has 1 unspecified atom stereocenters. The van der Waals surface area contributed by atoms with Crippen LogP contribution in [0, 0.1) is 20.4 Å². The van der Waals surface area contributed by atoms with Crippen molar-refractivity contribution in [1.29, 1.82) is 0 Å². The molecule has 12 heteroatoms. The molecule has 1 atom stereocenters. The highest BCUT2D eigenvalue weighted by Gasteiger charge is 2.35. The average Bonchev–Trinajstić information content (AvgIpc) is 2.97. The fourth-order valence-electron chi connectivity index (χ4n) is 2.01. The SMILES string of the molecule is O=[N+]([O-])c1ccc(C2=NSC(c3ccc(Cl)cc3)=S2O[Cl+3]([O-])([O-])[O-])cc1. The van der Waals surface area contributed by atoms with Gasteiger partial charge in [0.1, 0.15) is 13.0 Å². The molecule has 0 aliphatic carbocycles. The zero-order valence-electron chi connectivity index (χ0n) is 12.5. The van der Waals surface area contributed by atoms with Gasteiger partial charge in [-0.05, 0) is 29.8 Å². The van der Waals surface area contributed by atoms with Gasteiger partial charge in [0.15, 0.2) is 10.8 Å². The van der Waals surface area contributed by atoms with E-state index in [4.69, 9.17) is 15.3 Å². The molecule has 136 valence electrons. The fourth-order valence-corrected chi connectivity index (χ4v) is 5.84. The normalized spacial score (nSPS) is 17.3. The van der Waals surface area contributed by atoms with Crippen LogP contribution >= 0.6 is 34.3 Å². The monoisotopic (exact) mass is 434 g/mol. The molecule has 0 spiro atoms. The Labute approximate surface area is 161 Å². The maximum Gasteiger partial charge on any atom is 0.269 e. The van der Waals surface area contributed by atoms with Crippen molar-refractivity contribution < 1.29 is 32.9 Å². The number of nitro benzene ring substituents is 1. The van der Waals surface area contributed by atoms with Crippen molar-refractivity contribution in [3.8, 4) is 0 Å². The summed E-state index contributed by atoms with van der Waals surface area (Å²) in [5, 5.41) is 11.4. The van der Waals surface area contributed by atoms with Crippen molar-refractivity contribution in [3.05, 3.63) is 74.8 Å². The minimum absolute atomic E-state index is 0.128.